The molecule has 41 heavy (non-hydrogen) atoms. The summed E-state index contributed by atoms with van der Waals surface area (Å²) in [6, 6.07) is 11.8. The molecule has 0 aliphatic carbocycles. The molecule has 1 aromatic carbocycles. The number of hydrogen-bond acceptors (Lipinski definition) is 8. The SMILES string of the molecule is CCn1cc(-c2cc3c(N(C(=O)c4ccc(-n5nnc6cccnc65)cc4F)[C@@H]4CCCNC4)nccc3s2)cn1. The van der Waals surface area contributed by atoms with Gasteiger partial charge < -0.3 is 5.32 Å². The van der Waals surface area contributed by atoms with Crippen LogP contribution in [0.25, 0.3) is 37.4 Å². The highest BCUT2D eigenvalue weighted by Gasteiger charge is 2.32. The number of carbonyl (C=O) groups is 1. The van der Waals surface area contributed by atoms with Crippen LogP contribution in [0.1, 0.15) is 30.1 Å². The van der Waals surface area contributed by atoms with Crippen molar-refractivity contribution in [3.05, 3.63) is 78.6 Å². The Morgan fingerprint density at radius 2 is 2.12 bits per heavy atom. The Morgan fingerprint density at radius 1 is 1.20 bits per heavy atom. The van der Waals surface area contributed by atoms with Crippen LogP contribution in [0.2, 0.25) is 0 Å². The zero-order valence-corrected chi connectivity index (χ0v) is 23.1. The Labute approximate surface area is 238 Å². The van der Waals surface area contributed by atoms with E-state index in [-0.39, 0.29) is 11.6 Å². The van der Waals surface area contributed by atoms with Gasteiger partial charge in [-0.05, 0) is 62.7 Å². The summed E-state index contributed by atoms with van der Waals surface area (Å²) in [6.45, 7) is 4.30. The third kappa shape index (κ3) is 4.54. The fraction of sp³-hybridized carbons (Fsp3) is 0.241. The van der Waals surface area contributed by atoms with Gasteiger partial charge in [-0.25, -0.2) is 14.4 Å². The summed E-state index contributed by atoms with van der Waals surface area (Å²) in [7, 11) is 0. The molecule has 7 rings (SSSR count). The van der Waals surface area contributed by atoms with Crippen LogP contribution in [0.4, 0.5) is 10.2 Å². The molecule has 6 aromatic rings. The van der Waals surface area contributed by atoms with E-state index in [0.717, 1.165) is 46.5 Å². The minimum absolute atomic E-state index is 0.0322. The Hall–Kier alpha value is -4.55. The first-order chi connectivity index (χ1) is 20.1. The summed E-state index contributed by atoms with van der Waals surface area (Å²) in [6.07, 6.45) is 8.89. The monoisotopic (exact) mass is 567 g/mol. The van der Waals surface area contributed by atoms with Gasteiger partial charge in [0.25, 0.3) is 5.91 Å². The fourth-order valence-corrected chi connectivity index (χ4v) is 6.34. The van der Waals surface area contributed by atoms with Crippen molar-refractivity contribution < 1.29 is 9.18 Å². The lowest BCUT2D eigenvalue weighted by molar-refractivity contribution is 0.0968. The van der Waals surface area contributed by atoms with Gasteiger partial charge >= 0.3 is 0 Å². The first-order valence-electron chi connectivity index (χ1n) is 13.5. The quantitative estimate of drug-likeness (QED) is 0.307. The van der Waals surface area contributed by atoms with E-state index in [9.17, 15) is 4.79 Å². The van der Waals surface area contributed by atoms with E-state index in [1.54, 1.807) is 46.8 Å². The molecule has 5 aromatic heterocycles. The van der Waals surface area contributed by atoms with Gasteiger partial charge in [0.15, 0.2) is 5.65 Å². The number of carbonyl (C=O) groups excluding carboxylic acids is 1. The van der Waals surface area contributed by atoms with Crippen LogP contribution in [0, 0.1) is 5.82 Å². The minimum atomic E-state index is -0.647. The molecule has 12 heteroatoms. The number of halogens is 1. The van der Waals surface area contributed by atoms with E-state index in [1.165, 1.54) is 16.8 Å². The van der Waals surface area contributed by atoms with Crippen molar-refractivity contribution in [2.75, 3.05) is 18.0 Å². The molecule has 0 radical (unpaired) electrons. The van der Waals surface area contributed by atoms with Gasteiger partial charge in [-0.15, -0.1) is 16.4 Å². The Morgan fingerprint density at radius 3 is 2.93 bits per heavy atom. The van der Waals surface area contributed by atoms with Crippen molar-refractivity contribution in [2.24, 2.45) is 0 Å². The maximum Gasteiger partial charge on any atom is 0.262 e. The number of hydrogen-bond donors (Lipinski definition) is 1. The standard InChI is InChI=1S/C29H26FN9OS/c1-2-37-17-18(15-34-37)26-14-22-25(41-26)9-12-33-27(22)38(20-5-3-10-31-16-20)29(40)21-8-7-19(13-23(21)30)39-28-24(35-36-39)6-4-11-32-28/h4,6-9,11-15,17,20,31H,2-3,5,10,16H2,1H3/t20-/m1/s1. The summed E-state index contributed by atoms with van der Waals surface area (Å²) in [5, 5.41) is 16.9. The maximum atomic E-state index is 15.7. The van der Waals surface area contributed by atoms with Gasteiger partial charge in [0.2, 0.25) is 0 Å². The third-order valence-electron chi connectivity index (χ3n) is 7.39. The molecule has 1 atom stereocenters. The van der Waals surface area contributed by atoms with Gasteiger partial charge in [-0.3, -0.25) is 14.4 Å². The zero-order chi connectivity index (χ0) is 27.9. The van der Waals surface area contributed by atoms with Crippen molar-refractivity contribution in [2.45, 2.75) is 32.4 Å². The number of nitrogens with zero attached hydrogens (tertiary/aromatic N) is 8. The number of benzene rings is 1. The number of amides is 1. The fourth-order valence-electron chi connectivity index (χ4n) is 5.31. The average molecular weight is 568 g/mol. The Balaban J connectivity index is 1.30. The summed E-state index contributed by atoms with van der Waals surface area (Å²) >= 11 is 1.62. The predicted octanol–water partition coefficient (Wildman–Crippen LogP) is 4.85. The van der Waals surface area contributed by atoms with Crippen LogP contribution in [0.5, 0.6) is 0 Å². The lowest BCUT2D eigenvalue weighted by Crippen LogP contribution is -2.49. The molecule has 1 aliphatic rings. The summed E-state index contributed by atoms with van der Waals surface area (Å²) < 4.78 is 20.1. The summed E-state index contributed by atoms with van der Waals surface area (Å²) in [4.78, 5) is 25.9. The van der Waals surface area contributed by atoms with Gasteiger partial charge in [0.05, 0.1) is 23.5 Å². The van der Waals surface area contributed by atoms with E-state index in [2.05, 4.69) is 36.8 Å². The summed E-state index contributed by atoms with van der Waals surface area (Å²) in [5.41, 5.74) is 2.51. The first kappa shape index (κ1) is 25.4. The molecule has 6 heterocycles. The normalized spacial score (nSPS) is 15.5. The number of piperidine rings is 1. The number of aryl methyl sites for hydroxylation is 1. The van der Waals surface area contributed by atoms with Crippen molar-refractivity contribution in [1.29, 1.82) is 0 Å². The van der Waals surface area contributed by atoms with E-state index in [0.29, 0.717) is 29.2 Å². The second kappa shape index (κ2) is 10.5. The number of fused-ring (bicyclic) bond motifs is 2. The highest BCUT2D eigenvalue weighted by atomic mass is 32.1. The zero-order valence-electron chi connectivity index (χ0n) is 22.2. The molecular weight excluding hydrogens is 541 g/mol. The number of aromatic nitrogens is 7. The van der Waals surface area contributed by atoms with Crippen LogP contribution in [-0.2, 0) is 6.54 Å². The van der Waals surface area contributed by atoms with E-state index < -0.39 is 11.7 Å². The van der Waals surface area contributed by atoms with Crippen molar-refractivity contribution >= 4 is 44.3 Å². The predicted molar refractivity (Wildman–Crippen MR) is 156 cm³/mol. The molecule has 0 unspecified atom stereocenters. The number of thiophene rings is 1. The molecule has 0 bridgehead atoms. The Bertz CT molecular complexity index is 1890. The number of pyridine rings is 2. The second-order valence-electron chi connectivity index (χ2n) is 9.93. The van der Waals surface area contributed by atoms with Gasteiger partial charge in [-0.1, -0.05) is 5.21 Å². The molecule has 1 amide bonds. The number of nitrogens with one attached hydrogen (secondary N) is 1. The van der Waals surface area contributed by atoms with Gasteiger partial charge in [0.1, 0.15) is 17.2 Å². The molecule has 1 N–H and O–H groups in total. The van der Waals surface area contributed by atoms with E-state index >= 15 is 4.39 Å². The van der Waals surface area contributed by atoms with Crippen molar-refractivity contribution in [3.8, 4) is 16.1 Å². The topological polar surface area (TPSA) is 107 Å². The van der Waals surface area contributed by atoms with Crippen LogP contribution >= 0.6 is 11.3 Å². The van der Waals surface area contributed by atoms with Gasteiger partial charge in [-0.2, -0.15) is 9.78 Å². The maximum absolute atomic E-state index is 15.7. The largest absolute Gasteiger partial charge is 0.315 e. The summed E-state index contributed by atoms with van der Waals surface area (Å²) in [5.74, 6) is -0.552. The van der Waals surface area contributed by atoms with Crippen molar-refractivity contribution in [1.82, 2.24) is 40.1 Å². The lowest BCUT2D eigenvalue weighted by Gasteiger charge is -2.34. The highest BCUT2D eigenvalue weighted by Crippen LogP contribution is 2.38. The van der Waals surface area contributed by atoms with E-state index in [4.69, 9.17) is 0 Å². The van der Waals surface area contributed by atoms with Crippen LogP contribution in [0.3, 0.4) is 0 Å². The first-order valence-corrected chi connectivity index (χ1v) is 14.3. The average Bonchev–Trinajstić information content (AvgIpc) is 3.76. The molecule has 1 saturated heterocycles. The minimum Gasteiger partial charge on any atom is -0.315 e. The molecule has 206 valence electrons. The highest BCUT2D eigenvalue weighted by molar-refractivity contribution is 7.22. The van der Waals surface area contributed by atoms with Gasteiger partial charge in [0, 0.05) is 58.3 Å². The second-order valence-corrected chi connectivity index (χ2v) is 11.0. The molecule has 0 saturated carbocycles. The Kier molecular flexibility index (Phi) is 6.48. The van der Waals surface area contributed by atoms with Crippen LogP contribution < -0.4 is 10.2 Å². The van der Waals surface area contributed by atoms with Crippen LogP contribution in [0.15, 0.2) is 67.3 Å². The van der Waals surface area contributed by atoms with Crippen molar-refractivity contribution in [3.63, 3.8) is 0 Å². The third-order valence-corrected chi connectivity index (χ3v) is 8.53. The molecule has 1 aliphatic heterocycles. The smallest absolute Gasteiger partial charge is 0.262 e. The molecule has 1 fully saturated rings. The number of rotatable bonds is 6. The molecule has 0 spiro atoms. The van der Waals surface area contributed by atoms with E-state index in [1.807, 2.05) is 30.1 Å². The molecular formula is C29H26FN9OS. The molecule has 10 nitrogen and oxygen atoms in total. The lowest BCUT2D eigenvalue weighted by atomic mass is 10.0. The number of anilines is 1. The van der Waals surface area contributed by atoms with Crippen LogP contribution in [-0.4, -0.2) is 59.8 Å².